The van der Waals surface area contributed by atoms with Gasteiger partial charge in [-0.2, -0.15) is 0 Å². The van der Waals surface area contributed by atoms with Crippen molar-refractivity contribution in [3.05, 3.63) is 22.4 Å². The van der Waals surface area contributed by atoms with E-state index in [9.17, 15) is 9.59 Å². The van der Waals surface area contributed by atoms with Crippen molar-refractivity contribution in [2.24, 2.45) is 11.8 Å². The molecule has 0 saturated carbocycles. The zero-order valence-electron chi connectivity index (χ0n) is 16.8. The number of piperidine rings is 1. The van der Waals surface area contributed by atoms with Crippen molar-refractivity contribution < 1.29 is 9.59 Å². The molecule has 0 bridgehead atoms. The minimum Gasteiger partial charge on any atom is -0.353 e. The van der Waals surface area contributed by atoms with E-state index in [4.69, 9.17) is 0 Å². The van der Waals surface area contributed by atoms with Crippen LogP contribution in [0.15, 0.2) is 17.5 Å². The van der Waals surface area contributed by atoms with E-state index < -0.39 is 0 Å². The second-order valence-electron chi connectivity index (χ2n) is 8.41. The lowest BCUT2D eigenvalue weighted by molar-refractivity contribution is -0.125. The molecule has 2 fully saturated rings. The van der Waals surface area contributed by atoms with Gasteiger partial charge in [0.15, 0.2) is 0 Å². The average Bonchev–Trinajstić information content (AvgIpc) is 3.34. The third-order valence-electron chi connectivity index (χ3n) is 6.09. The summed E-state index contributed by atoms with van der Waals surface area (Å²) in [5, 5.41) is 5.08. The fourth-order valence-corrected chi connectivity index (χ4v) is 4.97. The molecule has 3 rings (SSSR count). The Balaban J connectivity index is 1.57. The number of rotatable bonds is 6. The van der Waals surface area contributed by atoms with Crippen molar-refractivity contribution in [3.63, 3.8) is 0 Å². The molecule has 6 heteroatoms. The molecule has 2 aliphatic heterocycles. The van der Waals surface area contributed by atoms with Crippen LogP contribution in [0.1, 0.15) is 56.1 Å². The van der Waals surface area contributed by atoms with E-state index in [1.165, 1.54) is 24.2 Å². The molecule has 0 aliphatic carbocycles. The molecule has 1 aromatic rings. The lowest BCUT2D eigenvalue weighted by Crippen LogP contribution is -2.52. The van der Waals surface area contributed by atoms with Crippen LogP contribution in [-0.4, -0.2) is 59.9 Å². The Morgan fingerprint density at radius 3 is 2.59 bits per heavy atom. The van der Waals surface area contributed by atoms with Gasteiger partial charge < -0.3 is 10.2 Å². The van der Waals surface area contributed by atoms with Crippen molar-refractivity contribution in [1.29, 1.82) is 0 Å². The van der Waals surface area contributed by atoms with Crippen molar-refractivity contribution in [1.82, 2.24) is 15.1 Å². The van der Waals surface area contributed by atoms with Gasteiger partial charge in [0, 0.05) is 19.1 Å². The van der Waals surface area contributed by atoms with E-state index in [0.717, 1.165) is 36.7 Å². The van der Waals surface area contributed by atoms with Gasteiger partial charge in [-0.15, -0.1) is 11.3 Å². The number of hydrogen-bond donors (Lipinski definition) is 1. The van der Waals surface area contributed by atoms with Gasteiger partial charge >= 0.3 is 0 Å². The Morgan fingerprint density at radius 1 is 1.22 bits per heavy atom. The number of likely N-dealkylation sites (tertiary alicyclic amines) is 2. The standard InChI is InChI=1S/C21H33N3O2S/c1-15(2)18(23-11-8-16(3)9-12-23)14-22-20(25)17-6-4-10-24(17)21(26)19-7-5-13-27-19/h5,7,13,15-18H,4,6,8-12,14H2,1-3H3,(H,22,25)/t17-,18?/m0/s1. The van der Waals surface area contributed by atoms with Gasteiger partial charge in [0.2, 0.25) is 5.91 Å². The molecule has 5 nitrogen and oxygen atoms in total. The lowest BCUT2D eigenvalue weighted by Gasteiger charge is -2.39. The minimum atomic E-state index is -0.325. The Bertz CT molecular complexity index is 623. The van der Waals surface area contributed by atoms with E-state index in [2.05, 4.69) is 31.0 Å². The van der Waals surface area contributed by atoms with E-state index in [1.807, 2.05) is 17.5 Å². The van der Waals surface area contributed by atoms with Gasteiger partial charge in [-0.25, -0.2) is 0 Å². The zero-order valence-corrected chi connectivity index (χ0v) is 17.6. The lowest BCUT2D eigenvalue weighted by atomic mass is 9.94. The summed E-state index contributed by atoms with van der Waals surface area (Å²) >= 11 is 1.44. The zero-order chi connectivity index (χ0) is 19.4. The van der Waals surface area contributed by atoms with Gasteiger partial charge in [0.05, 0.1) is 4.88 Å². The third kappa shape index (κ3) is 4.91. The molecular weight excluding hydrogens is 358 g/mol. The quantitative estimate of drug-likeness (QED) is 0.810. The predicted octanol–water partition coefficient (Wildman–Crippen LogP) is 3.23. The normalized spacial score (nSPS) is 23.0. The maximum atomic E-state index is 12.9. The summed E-state index contributed by atoms with van der Waals surface area (Å²) in [5.74, 6) is 1.30. The predicted molar refractivity (Wildman–Crippen MR) is 110 cm³/mol. The van der Waals surface area contributed by atoms with E-state index in [1.54, 1.807) is 4.90 Å². The Kier molecular flexibility index (Phi) is 6.93. The summed E-state index contributed by atoms with van der Waals surface area (Å²) in [7, 11) is 0. The second kappa shape index (κ2) is 9.20. The SMILES string of the molecule is CC1CCN(C(CNC(=O)[C@@H]2CCCN2C(=O)c2cccs2)C(C)C)CC1. The van der Waals surface area contributed by atoms with Crippen molar-refractivity contribution in [2.75, 3.05) is 26.2 Å². The molecule has 150 valence electrons. The molecule has 1 aromatic heterocycles. The van der Waals surface area contributed by atoms with E-state index >= 15 is 0 Å². The number of amides is 2. The number of nitrogens with zero attached hydrogens (tertiary/aromatic N) is 2. The minimum absolute atomic E-state index is 0.00641. The highest BCUT2D eigenvalue weighted by Gasteiger charge is 2.35. The Labute approximate surface area is 167 Å². The second-order valence-corrected chi connectivity index (χ2v) is 9.36. The number of thiophene rings is 1. The molecule has 0 radical (unpaired) electrons. The van der Waals surface area contributed by atoms with Gasteiger partial charge in [0.25, 0.3) is 5.91 Å². The highest BCUT2D eigenvalue weighted by molar-refractivity contribution is 7.12. The maximum Gasteiger partial charge on any atom is 0.264 e. The monoisotopic (exact) mass is 391 g/mol. The third-order valence-corrected chi connectivity index (χ3v) is 6.95. The molecular formula is C21H33N3O2S. The smallest absolute Gasteiger partial charge is 0.264 e. The first kappa shape index (κ1) is 20.3. The van der Waals surface area contributed by atoms with E-state index in [-0.39, 0.29) is 17.9 Å². The van der Waals surface area contributed by atoms with Gasteiger partial charge in [-0.05, 0) is 62.1 Å². The Hall–Kier alpha value is -1.40. The van der Waals surface area contributed by atoms with Crippen LogP contribution in [0.5, 0.6) is 0 Å². The van der Waals surface area contributed by atoms with Crippen LogP contribution >= 0.6 is 11.3 Å². The van der Waals surface area contributed by atoms with Gasteiger partial charge in [-0.1, -0.05) is 26.8 Å². The summed E-state index contributed by atoms with van der Waals surface area (Å²) < 4.78 is 0. The summed E-state index contributed by atoms with van der Waals surface area (Å²) in [6, 6.07) is 3.76. The number of nitrogens with one attached hydrogen (secondary N) is 1. The fourth-order valence-electron chi connectivity index (χ4n) is 4.29. The van der Waals surface area contributed by atoms with Crippen LogP contribution in [0.4, 0.5) is 0 Å². The number of carbonyl (C=O) groups is 2. The fraction of sp³-hybridized carbons (Fsp3) is 0.714. The molecule has 2 amide bonds. The summed E-state index contributed by atoms with van der Waals surface area (Å²) in [6.45, 7) is 10.4. The molecule has 2 aliphatic rings. The van der Waals surface area contributed by atoms with Crippen LogP contribution in [0.3, 0.4) is 0 Å². The summed E-state index contributed by atoms with van der Waals surface area (Å²) in [6.07, 6.45) is 4.13. The van der Waals surface area contributed by atoms with Crippen molar-refractivity contribution >= 4 is 23.2 Å². The molecule has 2 atom stereocenters. The van der Waals surface area contributed by atoms with Crippen molar-refractivity contribution in [2.45, 2.75) is 58.5 Å². The molecule has 1 N–H and O–H groups in total. The molecule has 27 heavy (non-hydrogen) atoms. The highest BCUT2D eigenvalue weighted by Crippen LogP contribution is 2.23. The van der Waals surface area contributed by atoms with Crippen LogP contribution in [0, 0.1) is 11.8 Å². The molecule has 3 heterocycles. The number of carbonyl (C=O) groups excluding carboxylic acids is 2. The first-order valence-electron chi connectivity index (χ1n) is 10.3. The first-order valence-corrected chi connectivity index (χ1v) is 11.2. The van der Waals surface area contributed by atoms with Crippen LogP contribution in [0.2, 0.25) is 0 Å². The maximum absolute atomic E-state index is 12.9. The average molecular weight is 392 g/mol. The first-order chi connectivity index (χ1) is 13.0. The highest BCUT2D eigenvalue weighted by atomic mass is 32.1. The van der Waals surface area contributed by atoms with Gasteiger partial charge in [-0.3, -0.25) is 14.5 Å². The molecule has 0 aromatic carbocycles. The van der Waals surface area contributed by atoms with Crippen LogP contribution in [-0.2, 0) is 4.79 Å². The molecule has 1 unspecified atom stereocenters. The Morgan fingerprint density at radius 2 is 1.96 bits per heavy atom. The largest absolute Gasteiger partial charge is 0.353 e. The van der Waals surface area contributed by atoms with Crippen LogP contribution < -0.4 is 5.32 Å². The van der Waals surface area contributed by atoms with Gasteiger partial charge in [0.1, 0.15) is 6.04 Å². The van der Waals surface area contributed by atoms with E-state index in [0.29, 0.717) is 25.0 Å². The van der Waals surface area contributed by atoms with Crippen LogP contribution in [0.25, 0.3) is 0 Å². The molecule has 0 spiro atoms. The van der Waals surface area contributed by atoms with Crippen molar-refractivity contribution in [3.8, 4) is 0 Å². The summed E-state index contributed by atoms with van der Waals surface area (Å²) in [4.78, 5) is 30.6. The number of hydrogen-bond acceptors (Lipinski definition) is 4. The summed E-state index contributed by atoms with van der Waals surface area (Å²) in [5.41, 5.74) is 0. The molecule has 2 saturated heterocycles. The topological polar surface area (TPSA) is 52.7 Å².